The molecule has 0 heterocycles. The molecule has 2 rings (SSSR count). The summed E-state index contributed by atoms with van der Waals surface area (Å²) in [5.74, 6) is 2.59. The molecule has 0 amide bonds. The first-order chi connectivity index (χ1) is 4.77. The Bertz CT molecular complexity index is 162. The van der Waals surface area contributed by atoms with Crippen LogP contribution in [-0.4, -0.2) is 5.78 Å². The second kappa shape index (κ2) is 2.08. The second-order valence-electron chi connectivity index (χ2n) is 3.92. The summed E-state index contributed by atoms with van der Waals surface area (Å²) in [7, 11) is 0. The van der Waals surface area contributed by atoms with Crippen molar-refractivity contribution in [1.29, 1.82) is 0 Å². The molecule has 2 bridgehead atoms. The van der Waals surface area contributed by atoms with Crippen molar-refractivity contribution in [3.05, 3.63) is 0 Å². The van der Waals surface area contributed by atoms with Crippen LogP contribution in [0.1, 0.15) is 32.6 Å². The first-order valence-corrected chi connectivity index (χ1v) is 4.30. The van der Waals surface area contributed by atoms with Gasteiger partial charge in [0.1, 0.15) is 5.78 Å². The lowest BCUT2D eigenvalue weighted by Gasteiger charge is -2.23. The van der Waals surface area contributed by atoms with E-state index in [2.05, 4.69) is 6.92 Å². The topological polar surface area (TPSA) is 17.1 Å². The maximum absolute atomic E-state index is 11.3. The summed E-state index contributed by atoms with van der Waals surface area (Å²) in [6.07, 6.45) is 4.58. The van der Waals surface area contributed by atoms with Crippen molar-refractivity contribution in [3.63, 3.8) is 0 Å². The van der Waals surface area contributed by atoms with E-state index in [9.17, 15) is 4.79 Å². The predicted molar refractivity (Wildman–Crippen MR) is 39.6 cm³/mol. The Morgan fingerprint density at radius 1 is 1.40 bits per heavy atom. The van der Waals surface area contributed by atoms with Gasteiger partial charge in [-0.25, -0.2) is 0 Å². The van der Waals surface area contributed by atoms with Crippen molar-refractivity contribution >= 4 is 5.78 Å². The number of Topliss-reactive ketones (excluding diaryl/α,β-unsaturated/α-hetero) is 1. The van der Waals surface area contributed by atoms with Gasteiger partial charge in [-0.1, -0.05) is 6.92 Å². The van der Waals surface area contributed by atoms with Crippen molar-refractivity contribution in [2.45, 2.75) is 32.6 Å². The monoisotopic (exact) mass is 138 g/mol. The third-order valence-electron chi connectivity index (χ3n) is 3.26. The Morgan fingerprint density at radius 3 is 3.00 bits per heavy atom. The molecule has 0 aromatic heterocycles. The van der Waals surface area contributed by atoms with Crippen LogP contribution in [0.2, 0.25) is 0 Å². The fourth-order valence-corrected chi connectivity index (χ4v) is 2.48. The zero-order chi connectivity index (χ0) is 7.14. The van der Waals surface area contributed by atoms with E-state index in [4.69, 9.17) is 0 Å². The summed E-state index contributed by atoms with van der Waals surface area (Å²) in [5, 5.41) is 0. The van der Waals surface area contributed by atoms with Crippen LogP contribution in [0.3, 0.4) is 0 Å². The highest BCUT2D eigenvalue weighted by molar-refractivity contribution is 5.82. The fraction of sp³-hybridized carbons (Fsp3) is 0.889. The highest BCUT2D eigenvalue weighted by Gasteiger charge is 2.38. The summed E-state index contributed by atoms with van der Waals surface area (Å²) >= 11 is 0. The molecule has 56 valence electrons. The normalized spacial score (nSPS) is 46.1. The molecule has 0 aliphatic heterocycles. The molecule has 1 unspecified atom stereocenters. The molecule has 2 saturated carbocycles. The first-order valence-electron chi connectivity index (χ1n) is 4.30. The van der Waals surface area contributed by atoms with Gasteiger partial charge in [0.05, 0.1) is 0 Å². The third-order valence-corrected chi connectivity index (χ3v) is 3.26. The Morgan fingerprint density at radius 2 is 2.20 bits per heavy atom. The van der Waals surface area contributed by atoms with Gasteiger partial charge in [0.2, 0.25) is 0 Å². The van der Waals surface area contributed by atoms with E-state index in [1.54, 1.807) is 0 Å². The lowest BCUT2D eigenvalue weighted by molar-refractivity contribution is -0.125. The highest BCUT2D eigenvalue weighted by atomic mass is 16.1. The Balaban J connectivity index is 2.16. The van der Waals surface area contributed by atoms with Crippen LogP contribution >= 0.6 is 0 Å². The van der Waals surface area contributed by atoms with E-state index < -0.39 is 0 Å². The summed E-state index contributed by atoms with van der Waals surface area (Å²) in [4.78, 5) is 11.3. The van der Waals surface area contributed by atoms with Gasteiger partial charge in [-0.3, -0.25) is 4.79 Å². The van der Waals surface area contributed by atoms with Gasteiger partial charge in [0.15, 0.2) is 0 Å². The molecule has 1 nitrogen and oxygen atoms in total. The predicted octanol–water partition coefficient (Wildman–Crippen LogP) is 2.01. The average molecular weight is 138 g/mol. The van der Waals surface area contributed by atoms with Gasteiger partial charge in [-0.05, 0) is 31.1 Å². The average Bonchev–Trinajstić information content (AvgIpc) is 2.28. The first kappa shape index (κ1) is 6.38. The SMILES string of the molecule is CC1CC(=O)[C@@H]2CC[C@H]1C2. The summed E-state index contributed by atoms with van der Waals surface area (Å²) in [6, 6.07) is 0. The van der Waals surface area contributed by atoms with Crippen molar-refractivity contribution in [2.24, 2.45) is 17.8 Å². The van der Waals surface area contributed by atoms with Crippen molar-refractivity contribution in [2.75, 3.05) is 0 Å². The van der Waals surface area contributed by atoms with E-state index in [1.807, 2.05) is 0 Å². The van der Waals surface area contributed by atoms with Crippen LogP contribution in [0.4, 0.5) is 0 Å². The number of fused-ring (bicyclic) bond motifs is 2. The van der Waals surface area contributed by atoms with E-state index >= 15 is 0 Å². The van der Waals surface area contributed by atoms with E-state index in [-0.39, 0.29) is 0 Å². The largest absolute Gasteiger partial charge is 0.299 e. The minimum absolute atomic E-state index is 0.473. The zero-order valence-electron chi connectivity index (χ0n) is 6.47. The van der Waals surface area contributed by atoms with Crippen LogP contribution in [0.5, 0.6) is 0 Å². The molecule has 0 N–H and O–H groups in total. The molecular formula is C9H14O. The highest BCUT2D eigenvalue weighted by Crippen LogP contribution is 2.42. The maximum Gasteiger partial charge on any atom is 0.136 e. The van der Waals surface area contributed by atoms with Crippen LogP contribution in [-0.2, 0) is 4.79 Å². The molecule has 10 heavy (non-hydrogen) atoms. The molecule has 2 aliphatic rings. The minimum Gasteiger partial charge on any atom is -0.299 e. The number of carbonyl (C=O) groups is 1. The van der Waals surface area contributed by atoms with Crippen LogP contribution in [0, 0.1) is 17.8 Å². The zero-order valence-corrected chi connectivity index (χ0v) is 6.47. The Kier molecular flexibility index (Phi) is 1.33. The molecule has 2 aliphatic carbocycles. The van der Waals surface area contributed by atoms with E-state index in [0.717, 1.165) is 12.3 Å². The quantitative estimate of drug-likeness (QED) is 0.500. The minimum atomic E-state index is 0.473. The summed E-state index contributed by atoms with van der Waals surface area (Å²) in [6.45, 7) is 2.23. The van der Waals surface area contributed by atoms with Crippen LogP contribution in [0.15, 0.2) is 0 Å². The van der Waals surface area contributed by atoms with Gasteiger partial charge in [-0.2, -0.15) is 0 Å². The van der Waals surface area contributed by atoms with Crippen LogP contribution < -0.4 is 0 Å². The molecule has 0 saturated heterocycles. The standard InChI is InChI=1S/C9H14O/c1-6-4-9(10)8-3-2-7(6)5-8/h6-8H,2-5H2,1H3/t6?,7-,8+/m0/s1. The van der Waals surface area contributed by atoms with Crippen molar-refractivity contribution in [3.8, 4) is 0 Å². The number of hydrogen-bond donors (Lipinski definition) is 0. The van der Waals surface area contributed by atoms with Gasteiger partial charge < -0.3 is 0 Å². The smallest absolute Gasteiger partial charge is 0.136 e. The third kappa shape index (κ3) is 0.799. The number of rotatable bonds is 0. The molecular weight excluding hydrogens is 124 g/mol. The van der Waals surface area contributed by atoms with E-state index in [1.165, 1.54) is 19.3 Å². The van der Waals surface area contributed by atoms with E-state index in [0.29, 0.717) is 17.6 Å². The molecule has 0 aromatic carbocycles. The Hall–Kier alpha value is -0.330. The van der Waals surface area contributed by atoms with Gasteiger partial charge in [-0.15, -0.1) is 0 Å². The van der Waals surface area contributed by atoms with Crippen LogP contribution in [0.25, 0.3) is 0 Å². The Labute approximate surface area is 61.8 Å². The lowest BCUT2D eigenvalue weighted by atomic mass is 9.80. The molecule has 1 heteroatoms. The fourth-order valence-electron chi connectivity index (χ4n) is 2.48. The molecule has 0 radical (unpaired) electrons. The molecule has 0 spiro atoms. The maximum atomic E-state index is 11.3. The number of hydrogen-bond acceptors (Lipinski definition) is 1. The molecule has 2 fully saturated rings. The van der Waals surface area contributed by atoms with Gasteiger partial charge >= 0.3 is 0 Å². The van der Waals surface area contributed by atoms with Crippen molar-refractivity contribution in [1.82, 2.24) is 0 Å². The summed E-state index contributed by atoms with van der Waals surface area (Å²) in [5.41, 5.74) is 0. The lowest BCUT2D eigenvalue weighted by Crippen LogP contribution is -2.23. The van der Waals surface area contributed by atoms with Gasteiger partial charge in [0, 0.05) is 12.3 Å². The van der Waals surface area contributed by atoms with Crippen molar-refractivity contribution < 1.29 is 4.79 Å². The second-order valence-corrected chi connectivity index (χ2v) is 3.92. The molecule has 0 aromatic rings. The molecule has 3 atom stereocenters. The summed E-state index contributed by atoms with van der Waals surface area (Å²) < 4.78 is 0. The van der Waals surface area contributed by atoms with Gasteiger partial charge in [0.25, 0.3) is 0 Å². The number of ketones is 1. The number of carbonyl (C=O) groups excluding carboxylic acids is 1.